The Morgan fingerprint density at radius 3 is 2.30 bits per heavy atom. The van der Waals surface area contributed by atoms with Crippen LogP contribution in [0.5, 0.6) is 0 Å². The molecule has 0 aromatic rings. The first-order chi connectivity index (χ1) is 11.1. The van der Waals surface area contributed by atoms with E-state index in [4.69, 9.17) is 9.47 Å². The zero-order chi connectivity index (χ0) is 16.4. The third kappa shape index (κ3) is 2.73. The number of hydrogen-bond acceptors (Lipinski definition) is 4. The maximum Gasteiger partial charge on any atom is 0.323 e. The topological polar surface area (TPSA) is 52.6 Å². The number of fused-ring (bicyclic) bond motifs is 1. The molecule has 0 amide bonds. The molecule has 2 saturated carbocycles. The standard InChI is InChI=1S/C19H26O4/c1-22-17(20)19(18(21)23-2)11-14-9-6-10-15(16(14)12-19)13-7-4-3-5-8-13/h6,9,14,16H,3-5,7-8,10-12H2,1-2H3/t14-,16-/m1/s1. The third-order valence-corrected chi connectivity index (χ3v) is 5.90. The van der Waals surface area contributed by atoms with Gasteiger partial charge in [0.25, 0.3) is 0 Å². The van der Waals surface area contributed by atoms with E-state index in [1.165, 1.54) is 51.9 Å². The number of esters is 2. The molecule has 0 heterocycles. The van der Waals surface area contributed by atoms with Crippen molar-refractivity contribution >= 4 is 11.9 Å². The SMILES string of the molecule is COC(=O)C1(C(=O)OC)C[C@H]2C=CCC(=C3CCCCC3)[C@@H]2C1. The third-order valence-electron chi connectivity index (χ3n) is 5.90. The first-order valence-corrected chi connectivity index (χ1v) is 8.66. The molecule has 126 valence electrons. The Morgan fingerprint density at radius 1 is 1.04 bits per heavy atom. The van der Waals surface area contributed by atoms with Crippen molar-refractivity contribution in [1.29, 1.82) is 0 Å². The van der Waals surface area contributed by atoms with Gasteiger partial charge in [-0.25, -0.2) is 0 Å². The first kappa shape index (κ1) is 16.3. The van der Waals surface area contributed by atoms with Gasteiger partial charge in [-0.3, -0.25) is 9.59 Å². The van der Waals surface area contributed by atoms with Gasteiger partial charge in [-0.15, -0.1) is 0 Å². The van der Waals surface area contributed by atoms with Crippen LogP contribution in [0.4, 0.5) is 0 Å². The Balaban J connectivity index is 1.95. The molecule has 3 rings (SSSR count). The number of hydrogen-bond donors (Lipinski definition) is 0. The van der Waals surface area contributed by atoms with Crippen LogP contribution in [0.15, 0.2) is 23.3 Å². The fourth-order valence-corrected chi connectivity index (χ4v) is 4.77. The highest BCUT2D eigenvalue weighted by Crippen LogP contribution is 2.54. The second kappa shape index (κ2) is 6.50. The molecule has 0 radical (unpaired) electrons. The van der Waals surface area contributed by atoms with Crippen molar-refractivity contribution in [2.45, 2.75) is 51.4 Å². The average molecular weight is 318 g/mol. The summed E-state index contributed by atoms with van der Waals surface area (Å²) in [6.45, 7) is 0. The summed E-state index contributed by atoms with van der Waals surface area (Å²) < 4.78 is 9.93. The molecule has 0 aromatic heterocycles. The number of rotatable bonds is 2. The lowest BCUT2D eigenvalue weighted by molar-refractivity contribution is -0.168. The number of ether oxygens (including phenoxy) is 2. The molecule has 0 aromatic carbocycles. The van der Waals surface area contributed by atoms with Gasteiger partial charge in [0, 0.05) is 0 Å². The second-order valence-corrected chi connectivity index (χ2v) is 7.07. The Labute approximate surface area is 137 Å². The van der Waals surface area contributed by atoms with E-state index in [1.54, 1.807) is 5.57 Å². The van der Waals surface area contributed by atoms with E-state index in [0.29, 0.717) is 12.8 Å². The normalized spacial score (nSPS) is 29.1. The van der Waals surface area contributed by atoms with Crippen LogP contribution in [0.3, 0.4) is 0 Å². The molecule has 0 unspecified atom stereocenters. The van der Waals surface area contributed by atoms with Gasteiger partial charge in [0.1, 0.15) is 0 Å². The molecule has 0 spiro atoms. The van der Waals surface area contributed by atoms with Crippen molar-refractivity contribution in [2.24, 2.45) is 17.3 Å². The van der Waals surface area contributed by atoms with Crippen LogP contribution in [0.1, 0.15) is 51.4 Å². The van der Waals surface area contributed by atoms with E-state index in [-0.39, 0.29) is 11.8 Å². The first-order valence-electron chi connectivity index (χ1n) is 8.66. The summed E-state index contributed by atoms with van der Waals surface area (Å²) in [7, 11) is 2.71. The molecule has 3 aliphatic carbocycles. The fourth-order valence-electron chi connectivity index (χ4n) is 4.77. The van der Waals surface area contributed by atoms with Crippen LogP contribution in [0.25, 0.3) is 0 Å². The number of methoxy groups -OCH3 is 2. The highest BCUT2D eigenvalue weighted by molar-refractivity contribution is 6.00. The summed E-state index contributed by atoms with van der Waals surface area (Å²) in [5.74, 6) is -0.363. The van der Waals surface area contributed by atoms with E-state index in [1.807, 2.05) is 0 Å². The maximum atomic E-state index is 12.4. The van der Waals surface area contributed by atoms with E-state index in [0.717, 1.165) is 6.42 Å². The molecule has 2 atom stereocenters. The molecule has 23 heavy (non-hydrogen) atoms. The van der Waals surface area contributed by atoms with Gasteiger partial charge >= 0.3 is 11.9 Å². The van der Waals surface area contributed by atoms with Crippen LogP contribution in [-0.2, 0) is 19.1 Å². The Kier molecular flexibility index (Phi) is 4.60. The van der Waals surface area contributed by atoms with Gasteiger partial charge < -0.3 is 9.47 Å². The van der Waals surface area contributed by atoms with Crippen molar-refractivity contribution in [3.05, 3.63) is 23.3 Å². The average Bonchev–Trinajstić information content (AvgIpc) is 3.01. The van der Waals surface area contributed by atoms with Crippen LogP contribution >= 0.6 is 0 Å². The van der Waals surface area contributed by atoms with Crippen LogP contribution < -0.4 is 0 Å². The van der Waals surface area contributed by atoms with Crippen molar-refractivity contribution < 1.29 is 19.1 Å². The minimum Gasteiger partial charge on any atom is -0.468 e. The maximum absolute atomic E-state index is 12.4. The highest BCUT2D eigenvalue weighted by atomic mass is 16.5. The zero-order valence-corrected chi connectivity index (χ0v) is 14.1. The Bertz CT molecular complexity index is 534. The summed E-state index contributed by atoms with van der Waals surface area (Å²) in [5.41, 5.74) is 1.92. The fraction of sp³-hybridized carbons (Fsp3) is 0.684. The van der Waals surface area contributed by atoms with Gasteiger partial charge in [0.15, 0.2) is 5.41 Å². The van der Waals surface area contributed by atoms with E-state index in [9.17, 15) is 9.59 Å². The van der Waals surface area contributed by atoms with Gasteiger partial charge in [0.05, 0.1) is 14.2 Å². The minimum atomic E-state index is -1.13. The van der Waals surface area contributed by atoms with Gasteiger partial charge in [-0.05, 0) is 56.8 Å². The molecular formula is C19H26O4. The molecule has 2 fully saturated rings. The Morgan fingerprint density at radius 2 is 1.70 bits per heavy atom. The van der Waals surface area contributed by atoms with Gasteiger partial charge in [-0.2, -0.15) is 0 Å². The number of carbonyl (C=O) groups excluding carboxylic acids is 2. The molecule has 0 aliphatic heterocycles. The monoisotopic (exact) mass is 318 g/mol. The summed E-state index contributed by atoms with van der Waals surface area (Å²) in [6, 6.07) is 0. The Hall–Kier alpha value is -1.58. The molecule has 0 bridgehead atoms. The summed E-state index contributed by atoms with van der Waals surface area (Å²) in [6.07, 6.45) is 12.6. The van der Waals surface area contributed by atoms with Crippen molar-refractivity contribution in [2.75, 3.05) is 14.2 Å². The van der Waals surface area contributed by atoms with Gasteiger partial charge in [-0.1, -0.05) is 29.7 Å². The lowest BCUT2D eigenvalue weighted by Gasteiger charge is -2.29. The van der Waals surface area contributed by atoms with Gasteiger partial charge in [0.2, 0.25) is 0 Å². The molecule has 3 aliphatic rings. The van der Waals surface area contributed by atoms with Crippen molar-refractivity contribution in [1.82, 2.24) is 0 Å². The molecule has 4 nitrogen and oxygen atoms in total. The molecule has 4 heteroatoms. The van der Waals surface area contributed by atoms with E-state index < -0.39 is 17.4 Å². The minimum absolute atomic E-state index is 0.242. The van der Waals surface area contributed by atoms with Crippen LogP contribution in [-0.4, -0.2) is 26.2 Å². The molecule has 0 N–H and O–H groups in total. The van der Waals surface area contributed by atoms with Crippen molar-refractivity contribution in [3.63, 3.8) is 0 Å². The largest absolute Gasteiger partial charge is 0.468 e. The second-order valence-electron chi connectivity index (χ2n) is 7.07. The molecule has 0 saturated heterocycles. The predicted molar refractivity (Wildman–Crippen MR) is 86.5 cm³/mol. The van der Waals surface area contributed by atoms with Crippen molar-refractivity contribution in [3.8, 4) is 0 Å². The quantitative estimate of drug-likeness (QED) is 0.444. The summed E-state index contributed by atoms with van der Waals surface area (Å²) in [5, 5.41) is 0. The lowest BCUT2D eigenvalue weighted by atomic mass is 9.76. The van der Waals surface area contributed by atoms with Crippen LogP contribution in [0, 0.1) is 17.3 Å². The smallest absolute Gasteiger partial charge is 0.323 e. The van der Waals surface area contributed by atoms with Crippen LogP contribution in [0.2, 0.25) is 0 Å². The molecular weight excluding hydrogens is 292 g/mol. The summed E-state index contributed by atoms with van der Waals surface area (Å²) in [4.78, 5) is 24.8. The zero-order valence-electron chi connectivity index (χ0n) is 14.1. The summed E-state index contributed by atoms with van der Waals surface area (Å²) >= 11 is 0. The number of allylic oxidation sites excluding steroid dienone is 4. The van der Waals surface area contributed by atoms with E-state index >= 15 is 0 Å². The lowest BCUT2D eigenvalue weighted by Crippen LogP contribution is -2.39. The number of carbonyl (C=O) groups is 2. The highest BCUT2D eigenvalue weighted by Gasteiger charge is 2.57. The van der Waals surface area contributed by atoms with E-state index in [2.05, 4.69) is 12.2 Å². The predicted octanol–water partition coefficient (Wildman–Crippen LogP) is 3.57.